The minimum Gasteiger partial charge on any atom is -0.296 e. The van der Waals surface area contributed by atoms with E-state index in [1.165, 1.54) is 11.9 Å². The van der Waals surface area contributed by atoms with E-state index >= 15 is 0 Å². The summed E-state index contributed by atoms with van der Waals surface area (Å²) < 4.78 is 2.80. The third-order valence-electron chi connectivity index (χ3n) is 1.84. The Morgan fingerprint density at radius 2 is 2.13 bits per heavy atom. The van der Waals surface area contributed by atoms with Crippen LogP contribution in [0.25, 0.3) is 0 Å². The molecule has 1 aromatic rings. The van der Waals surface area contributed by atoms with Gasteiger partial charge in [0.15, 0.2) is 0 Å². The van der Waals surface area contributed by atoms with Gasteiger partial charge < -0.3 is 0 Å². The Labute approximate surface area is 94.9 Å². The van der Waals surface area contributed by atoms with Crippen molar-refractivity contribution >= 4 is 17.9 Å². The van der Waals surface area contributed by atoms with Crippen LogP contribution in [0, 0.1) is 0 Å². The van der Waals surface area contributed by atoms with Gasteiger partial charge in [-0.1, -0.05) is 24.3 Å². The van der Waals surface area contributed by atoms with Gasteiger partial charge in [0.2, 0.25) is 5.91 Å². The number of carbonyl (C=O) groups excluding carboxylic acids is 1. The van der Waals surface area contributed by atoms with E-state index in [2.05, 4.69) is 11.3 Å². The number of allylic oxidation sites excluding steroid dienone is 1. The van der Waals surface area contributed by atoms with Gasteiger partial charge in [-0.2, -0.15) is 0 Å². The van der Waals surface area contributed by atoms with Crippen molar-refractivity contribution in [3.05, 3.63) is 43.0 Å². The zero-order valence-corrected chi connectivity index (χ0v) is 9.43. The number of rotatable bonds is 6. The SMILES string of the molecule is C=CCCCC(=O)NSc1ccccc1. The van der Waals surface area contributed by atoms with E-state index < -0.39 is 0 Å². The van der Waals surface area contributed by atoms with Crippen LogP contribution in [0.3, 0.4) is 0 Å². The van der Waals surface area contributed by atoms with Crippen molar-refractivity contribution < 1.29 is 4.79 Å². The second-order valence-corrected chi connectivity index (χ2v) is 4.00. The summed E-state index contributed by atoms with van der Waals surface area (Å²) in [5.41, 5.74) is 0. The second kappa shape index (κ2) is 7.12. The maximum Gasteiger partial charge on any atom is 0.230 e. The monoisotopic (exact) mass is 221 g/mol. The van der Waals surface area contributed by atoms with E-state index in [0.29, 0.717) is 6.42 Å². The standard InChI is InChI=1S/C12H15NOS/c1-2-3-5-10-12(14)13-15-11-8-6-4-7-9-11/h2,4,6-9H,1,3,5,10H2,(H,13,14). The molecule has 0 aliphatic heterocycles. The average molecular weight is 221 g/mol. The molecule has 0 saturated carbocycles. The first kappa shape index (κ1) is 11.9. The van der Waals surface area contributed by atoms with Crippen molar-refractivity contribution in [3.63, 3.8) is 0 Å². The minimum absolute atomic E-state index is 0.0747. The Morgan fingerprint density at radius 3 is 2.80 bits per heavy atom. The molecule has 80 valence electrons. The smallest absolute Gasteiger partial charge is 0.230 e. The maximum atomic E-state index is 11.3. The van der Waals surface area contributed by atoms with Crippen LogP contribution in [0.1, 0.15) is 19.3 Å². The molecule has 0 aromatic heterocycles. The quantitative estimate of drug-likeness (QED) is 0.454. The summed E-state index contributed by atoms with van der Waals surface area (Å²) >= 11 is 1.36. The lowest BCUT2D eigenvalue weighted by atomic mass is 10.2. The highest BCUT2D eigenvalue weighted by atomic mass is 32.2. The van der Waals surface area contributed by atoms with Gasteiger partial charge in [-0.3, -0.25) is 9.52 Å². The van der Waals surface area contributed by atoms with Gasteiger partial charge in [-0.15, -0.1) is 6.58 Å². The molecule has 0 atom stereocenters. The number of unbranched alkanes of at least 4 members (excludes halogenated alkanes) is 1. The molecule has 0 bridgehead atoms. The fourth-order valence-electron chi connectivity index (χ4n) is 1.06. The van der Waals surface area contributed by atoms with Crippen LogP contribution in [0.5, 0.6) is 0 Å². The van der Waals surface area contributed by atoms with Crippen LogP contribution < -0.4 is 4.72 Å². The molecule has 0 heterocycles. The molecule has 0 radical (unpaired) electrons. The van der Waals surface area contributed by atoms with Gasteiger partial charge in [0.25, 0.3) is 0 Å². The van der Waals surface area contributed by atoms with Gasteiger partial charge in [-0.05, 0) is 36.9 Å². The van der Waals surface area contributed by atoms with Gasteiger partial charge in [-0.25, -0.2) is 0 Å². The molecule has 0 fully saturated rings. The molecular weight excluding hydrogens is 206 g/mol. The Balaban J connectivity index is 2.20. The van der Waals surface area contributed by atoms with Crippen molar-refractivity contribution in [3.8, 4) is 0 Å². The molecule has 1 N–H and O–H groups in total. The molecule has 0 spiro atoms. The van der Waals surface area contributed by atoms with E-state index in [-0.39, 0.29) is 5.91 Å². The summed E-state index contributed by atoms with van der Waals surface area (Å²) in [4.78, 5) is 12.4. The molecule has 2 nitrogen and oxygen atoms in total. The van der Waals surface area contributed by atoms with E-state index in [1.807, 2.05) is 36.4 Å². The van der Waals surface area contributed by atoms with E-state index in [9.17, 15) is 4.79 Å². The number of hydrogen-bond donors (Lipinski definition) is 1. The lowest BCUT2D eigenvalue weighted by Gasteiger charge is -2.02. The Hall–Kier alpha value is -1.22. The molecule has 1 aromatic carbocycles. The van der Waals surface area contributed by atoms with Crippen LogP contribution in [0.15, 0.2) is 47.9 Å². The van der Waals surface area contributed by atoms with Gasteiger partial charge in [0.1, 0.15) is 0 Å². The first-order valence-corrected chi connectivity index (χ1v) is 5.76. The zero-order chi connectivity index (χ0) is 10.9. The fraction of sp³-hybridized carbons (Fsp3) is 0.250. The Kier molecular flexibility index (Phi) is 5.63. The fourth-order valence-corrected chi connectivity index (χ4v) is 1.69. The van der Waals surface area contributed by atoms with E-state index in [1.54, 1.807) is 0 Å². The first-order valence-electron chi connectivity index (χ1n) is 4.94. The van der Waals surface area contributed by atoms with E-state index in [4.69, 9.17) is 0 Å². The molecule has 15 heavy (non-hydrogen) atoms. The third kappa shape index (κ3) is 5.27. The predicted molar refractivity (Wildman–Crippen MR) is 64.5 cm³/mol. The average Bonchev–Trinajstić information content (AvgIpc) is 2.28. The number of benzene rings is 1. The largest absolute Gasteiger partial charge is 0.296 e. The van der Waals surface area contributed by atoms with Crippen molar-refractivity contribution in [1.82, 2.24) is 4.72 Å². The third-order valence-corrected chi connectivity index (χ3v) is 2.68. The van der Waals surface area contributed by atoms with Crippen LogP contribution >= 0.6 is 11.9 Å². The summed E-state index contributed by atoms with van der Waals surface area (Å²) in [5.74, 6) is 0.0747. The molecule has 3 heteroatoms. The van der Waals surface area contributed by atoms with Crippen LogP contribution in [0.2, 0.25) is 0 Å². The molecule has 0 saturated heterocycles. The molecule has 0 aliphatic carbocycles. The van der Waals surface area contributed by atoms with E-state index in [0.717, 1.165) is 17.7 Å². The van der Waals surface area contributed by atoms with Crippen molar-refractivity contribution in [1.29, 1.82) is 0 Å². The zero-order valence-electron chi connectivity index (χ0n) is 8.61. The molecule has 0 aliphatic rings. The maximum absolute atomic E-state index is 11.3. The predicted octanol–water partition coefficient (Wildman–Crippen LogP) is 3.17. The summed E-state index contributed by atoms with van der Waals surface area (Å²) in [7, 11) is 0. The molecule has 1 rings (SSSR count). The Morgan fingerprint density at radius 1 is 1.40 bits per heavy atom. The van der Waals surface area contributed by atoms with Gasteiger partial charge in [0.05, 0.1) is 0 Å². The number of hydrogen-bond acceptors (Lipinski definition) is 2. The van der Waals surface area contributed by atoms with Crippen molar-refractivity contribution in [2.75, 3.05) is 0 Å². The van der Waals surface area contributed by atoms with Gasteiger partial charge >= 0.3 is 0 Å². The highest BCUT2D eigenvalue weighted by Gasteiger charge is 2.00. The second-order valence-electron chi connectivity index (χ2n) is 3.12. The topological polar surface area (TPSA) is 29.1 Å². The number of carbonyl (C=O) groups is 1. The van der Waals surface area contributed by atoms with Crippen LogP contribution in [-0.4, -0.2) is 5.91 Å². The molecule has 1 amide bonds. The normalized spacial score (nSPS) is 9.60. The summed E-state index contributed by atoms with van der Waals surface area (Å²) in [6, 6.07) is 9.79. The highest BCUT2D eigenvalue weighted by molar-refractivity contribution is 7.98. The summed E-state index contributed by atoms with van der Waals surface area (Å²) in [5, 5.41) is 0. The highest BCUT2D eigenvalue weighted by Crippen LogP contribution is 2.13. The number of amides is 1. The van der Waals surface area contributed by atoms with Crippen molar-refractivity contribution in [2.24, 2.45) is 0 Å². The minimum atomic E-state index is 0.0747. The van der Waals surface area contributed by atoms with Gasteiger partial charge in [0, 0.05) is 11.3 Å². The Bertz CT molecular complexity index is 311. The molecule has 0 unspecified atom stereocenters. The summed E-state index contributed by atoms with van der Waals surface area (Å²) in [6.45, 7) is 3.61. The summed E-state index contributed by atoms with van der Waals surface area (Å²) in [6.07, 6.45) is 4.15. The lowest BCUT2D eigenvalue weighted by molar-refractivity contribution is -0.119. The first-order chi connectivity index (χ1) is 7.33. The molecular formula is C12H15NOS. The van der Waals surface area contributed by atoms with Crippen LogP contribution in [0.4, 0.5) is 0 Å². The van der Waals surface area contributed by atoms with Crippen molar-refractivity contribution in [2.45, 2.75) is 24.2 Å². The van der Waals surface area contributed by atoms with Crippen LogP contribution in [-0.2, 0) is 4.79 Å². The lowest BCUT2D eigenvalue weighted by Crippen LogP contribution is -2.14. The number of nitrogens with one attached hydrogen (secondary N) is 1.